The molecule has 0 spiro atoms. The van der Waals surface area contributed by atoms with E-state index in [1.54, 1.807) is 6.92 Å². The Labute approximate surface area is 154 Å². The Morgan fingerprint density at radius 3 is 2.96 bits per heavy atom. The lowest BCUT2D eigenvalue weighted by atomic mass is 9.90. The number of halogens is 1. The zero-order valence-corrected chi connectivity index (χ0v) is 14.5. The van der Waals surface area contributed by atoms with Crippen LogP contribution >= 0.6 is 0 Å². The minimum absolute atomic E-state index is 0.0120. The number of Topliss-reactive ketones (excluding diaryl/α,β-unsaturated/α-hetero) is 1. The van der Waals surface area contributed by atoms with Gasteiger partial charge in [0.25, 0.3) is 6.02 Å². The van der Waals surface area contributed by atoms with E-state index < -0.39 is 11.4 Å². The molecule has 3 heterocycles. The van der Waals surface area contributed by atoms with Gasteiger partial charge in [-0.3, -0.25) is 14.8 Å². The summed E-state index contributed by atoms with van der Waals surface area (Å²) in [6.07, 6.45) is 1.97. The van der Waals surface area contributed by atoms with Crippen LogP contribution in [0.3, 0.4) is 0 Å². The standard InChI is InChI=1S/C19H16FN5O2/c1-19(12-7-16(12)27-18(22)25-19)17-13(20)4-3-11(24-17)6-15(26)14-5-2-10(8-21)9-23-14/h2-5,9,12,16H,6-7H2,1H3,(H2,22,25)/t12-,16+,19-/m0/s1. The van der Waals surface area contributed by atoms with Gasteiger partial charge in [0, 0.05) is 17.8 Å². The summed E-state index contributed by atoms with van der Waals surface area (Å²) in [6, 6.07) is 7.76. The third-order valence-electron chi connectivity index (χ3n) is 4.97. The molecule has 0 bridgehead atoms. The third kappa shape index (κ3) is 3.01. The molecule has 4 rings (SSSR count). The molecule has 2 aromatic heterocycles. The average molecular weight is 365 g/mol. The molecule has 1 fully saturated rings. The molecule has 8 heteroatoms. The lowest BCUT2D eigenvalue weighted by molar-refractivity contribution is 0.0986. The van der Waals surface area contributed by atoms with Gasteiger partial charge in [0.05, 0.1) is 12.0 Å². The van der Waals surface area contributed by atoms with E-state index >= 15 is 0 Å². The highest BCUT2D eigenvalue weighted by molar-refractivity contribution is 5.95. The van der Waals surface area contributed by atoms with Crippen LogP contribution in [0.4, 0.5) is 4.39 Å². The first kappa shape index (κ1) is 17.1. The van der Waals surface area contributed by atoms with Crippen molar-refractivity contribution in [3.63, 3.8) is 0 Å². The third-order valence-corrected chi connectivity index (χ3v) is 4.97. The number of aliphatic imine (C=N–C) groups is 1. The normalized spacial score (nSPS) is 25.6. The van der Waals surface area contributed by atoms with Gasteiger partial charge in [-0.15, -0.1) is 0 Å². The van der Waals surface area contributed by atoms with Crippen molar-refractivity contribution in [3.8, 4) is 6.07 Å². The second-order valence-corrected chi connectivity index (χ2v) is 6.87. The first-order chi connectivity index (χ1) is 12.9. The lowest BCUT2D eigenvalue weighted by Gasteiger charge is -2.29. The minimum atomic E-state index is -0.914. The molecule has 3 atom stereocenters. The first-order valence-electron chi connectivity index (χ1n) is 8.48. The summed E-state index contributed by atoms with van der Waals surface area (Å²) in [5.41, 5.74) is 5.99. The minimum Gasteiger partial charge on any atom is -0.462 e. The Bertz CT molecular complexity index is 998. The Hall–Kier alpha value is -3.34. The van der Waals surface area contributed by atoms with Crippen molar-refractivity contribution in [2.75, 3.05) is 0 Å². The van der Waals surface area contributed by atoms with Crippen molar-refractivity contribution < 1.29 is 13.9 Å². The fourth-order valence-corrected chi connectivity index (χ4v) is 3.43. The molecule has 0 saturated heterocycles. The Morgan fingerprint density at radius 1 is 1.44 bits per heavy atom. The summed E-state index contributed by atoms with van der Waals surface area (Å²) in [5, 5.41) is 8.80. The van der Waals surface area contributed by atoms with Crippen LogP contribution in [-0.4, -0.2) is 27.9 Å². The summed E-state index contributed by atoms with van der Waals surface area (Å²) in [4.78, 5) is 25.1. The van der Waals surface area contributed by atoms with Crippen molar-refractivity contribution in [2.24, 2.45) is 16.6 Å². The van der Waals surface area contributed by atoms with Crippen molar-refractivity contribution in [2.45, 2.75) is 31.4 Å². The number of ether oxygens (including phenoxy) is 1. The van der Waals surface area contributed by atoms with E-state index in [1.165, 1.54) is 30.5 Å². The number of carbonyl (C=O) groups excluding carboxylic acids is 1. The van der Waals surface area contributed by atoms with Gasteiger partial charge in [-0.2, -0.15) is 5.26 Å². The predicted octanol–water partition coefficient (Wildman–Crippen LogP) is 1.86. The van der Waals surface area contributed by atoms with Crippen LogP contribution in [-0.2, 0) is 16.7 Å². The highest BCUT2D eigenvalue weighted by atomic mass is 19.1. The molecule has 0 unspecified atom stereocenters. The number of aromatic nitrogens is 2. The number of rotatable bonds is 4. The van der Waals surface area contributed by atoms with E-state index in [1.807, 2.05) is 6.07 Å². The number of hydrogen-bond donors (Lipinski definition) is 1. The molecule has 2 N–H and O–H groups in total. The van der Waals surface area contributed by atoms with Crippen molar-refractivity contribution in [3.05, 3.63) is 58.9 Å². The van der Waals surface area contributed by atoms with Crippen LogP contribution < -0.4 is 5.73 Å². The maximum Gasteiger partial charge on any atom is 0.283 e. The Morgan fingerprint density at radius 2 is 2.26 bits per heavy atom. The SMILES string of the molecule is C[C@]1(c2nc(CC(=O)c3ccc(C#N)cn3)ccc2F)N=C(N)O[C@@H]2C[C@@H]21. The van der Waals surface area contributed by atoms with Gasteiger partial charge >= 0.3 is 0 Å². The van der Waals surface area contributed by atoms with Gasteiger partial charge in [0.15, 0.2) is 5.78 Å². The summed E-state index contributed by atoms with van der Waals surface area (Å²) in [7, 11) is 0. The molecule has 7 nitrogen and oxygen atoms in total. The van der Waals surface area contributed by atoms with E-state index in [0.717, 1.165) is 6.42 Å². The Balaban J connectivity index is 1.62. The summed E-state index contributed by atoms with van der Waals surface area (Å²) in [6.45, 7) is 1.78. The van der Waals surface area contributed by atoms with Crippen LogP contribution in [0.1, 0.15) is 40.8 Å². The quantitative estimate of drug-likeness (QED) is 0.827. The number of ketones is 1. The molecule has 27 heavy (non-hydrogen) atoms. The van der Waals surface area contributed by atoms with Gasteiger partial charge in [0.2, 0.25) is 0 Å². The topological polar surface area (TPSA) is 114 Å². The van der Waals surface area contributed by atoms with E-state index in [-0.39, 0.29) is 41.6 Å². The van der Waals surface area contributed by atoms with Crippen LogP contribution in [0.5, 0.6) is 0 Å². The number of hydrogen-bond acceptors (Lipinski definition) is 7. The molecule has 136 valence electrons. The number of fused-ring (bicyclic) bond motifs is 1. The molecule has 1 saturated carbocycles. The Kier molecular flexibility index (Phi) is 3.88. The van der Waals surface area contributed by atoms with Gasteiger partial charge in [0.1, 0.15) is 34.9 Å². The molecule has 1 aliphatic carbocycles. The molecular formula is C19H16FN5O2. The number of nitrogens with zero attached hydrogens (tertiary/aromatic N) is 4. The fourth-order valence-electron chi connectivity index (χ4n) is 3.43. The monoisotopic (exact) mass is 365 g/mol. The maximum absolute atomic E-state index is 14.5. The molecule has 1 aliphatic heterocycles. The summed E-state index contributed by atoms with van der Waals surface area (Å²) < 4.78 is 19.9. The zero-order chi connectivity index (χ0) is 19.2. The molecular weight excluding hydrogens is 349 g/mol. The van der Waals surface area contributed by atoms with Gasteiger partial charge in [-0.25, -0.2) is 9.38 Å². The number of carbonyl (C=O) groups is 1. The highest BCUT2D eigenvalue weighted by Gasteiger charge is 2.58. The molecule has 0 radical (unpaired) electrons. The highest BCUT2D eigenvalue weighted by Crippen LogP contribution is 2.52. The van der Waals surface area contributed by atoms with Gasteiger partial charge in [-0.1, -0.05) is 0 Å². The smallest absolute Gasteiger partial charge is 0.283 e. The average Bonchev–Trinajstić information content (AvgIpc) is 3.43. The fraction of sp³-hybridized carbons (Fsp3) is 0.316. The second-order valence-electron chi connectivity index (χ2n) is 6.87. The van der Waals surface area contributed by atoms with E-state index in [2.05, 4.69) is 15.0 Å². The number of nitrogens with two attached hydrogens (primary N) is 1. The van der Waals surface area contributed by atoms with Crippen LogP contribution in [0.2, 0.25) is 0 Å². The summed E-state index contributed by atoms with van der Waals surface area (Å²) in [5.74, 6) is -0.749. The molecule has 2 aliphatic rings. The van der Waals surface area contributed by atoms with E-state index in [9.17, 15) is 9.18 Å². The van der Waals surface area contributed by atoms with Gasteiger partial charge in [-0.05, 0) is 37.6 Å². The van der Waals surface area contributed by atoms with Crippen LogP contribution in [0.15, 0.2) is 35.5 Å². The van der Waals surface area contributed by atoms with E-state index in [0.29, 0.717) is 11.3 Å². The van der Waals surface area contributed by atoms with Crippen molar-refractivity contribution in [1.29, 1.82) is 5.26 Å². The number of amidine groups is 1. The molecule has 2 aromatic rings. The summed E-state index contributed by atoms with van der Waals surface area (Å²) >= 11 is 0. The van der Waals surface area contributed by atoms with E-state index in [4.69, 9.17) is 15.7 Å². The molecule has 0 amide bonds. The predicted molar refractivity (Wildman–Crippen MR) is 93.1 cm³/mol. The number of pyridine rings is 2. The molecule has 0 aromatic carbocycles. The lowest BCUT2D eigenvalue weighted by Crippen LogP contribution is -2.36. The second kappa shape index (κ2) is 6.13. The van der Waals surface area contributed by atoms with Crippen LogP contribution in [0, 0.1) is 23.1 Å². The maximum atomic E-state index is 14.5. The van der Waals surface area contributed by atoms with Crippen molar-refractivity contribution >= 4 is 11.8 Å². The number of nitriles is 1. The zero-order valence-electron chi connectivity index (χ0n) is 14.5. The largest absolute Gasteiger partial charge is 0.462 e. The van der Waals surface area contributed by atoms with Crippen molar-refractivity contribution in [1.82, 2.24) is 9.97 Å². The van der Waals surface area contributed by atoms with Crippen LogP contribution in [0.25, 0.3) is 0 Å². The first-order valence-corrected chi connectivity index (χ1v) is 8.48. The van der Waals surface area contributed by atoms with Gasteiger partial charge < -0.3 is 10.5 Å².